The van der Waals surface area contributed by atoms with E-state index in [2.05, 4.69) is 17.2 Å². The molecule has 0 saturated heterocycles. The molecule has 1 aliphatic carbocycles. The number of amidine groups is 1. The van der Waals surface area contributed by atoms with E-state index in [-0.39, 0.29) is 4.99 Å². The van der Waals surface area contributed by atoms with Gasteiger partial charge in [-0.25, -0.2) is 9.98 Å². The first-order valence-corrected chi connectivity index (χ1v) is 9.99. The van der Waals surface area contributed by atoms with Crippen molar-refractivity contribution in [3.05, 3.63) is 4.88 Å². The van der Waals surface area contributed by atoms with Crippen molar-refractivity contribution < 1.29 is 0 Å². The number of unbranched alkanes of at least 4 members (excludes halogenated alkanes) is 2. The highest BCUT2D eigenvalue weighted by molar-refractivity contribution is 8.00. The van der Waals surface area contributed by atoms with Gasteiger partial charge in [0.05, 0.1) is 0 Å². The molecule has 0 spiro atoms. The number of nitrogen functional groups attached to an aromatic ring is 1. The lowest BCUT2D eigenvalue weighted by Crippen LogP contribution is -2.45. The molecule has 2 heterocycles. The Morgan fingerprint density at radius 2 is 2.09 bits per heavy atom. The maximum atomic E-state index is 6.24. The number of fused-ring (bicyclic) bond motifs is 1. The van der Waals surface area contributed by atoms with Crippen molar-refractivity contribution in [1.82, 2.24) is 4.98 Å². The molecule has 7 heteroatoms. The monoisotopic (exact) mass is 339 g/mol. The van der Waals surface area contributed by atoms with Crippen LogP contribution in [0.5, 0.6) is 0 Å². The van der Waals surface area contributed by atoms with Gasteiger partial charge in [-0.1, -0.05) is 43.9 Å². The van der Waals surface area contributed by atoms with Gasteiger partial charge >= 0.3 is 0 Å². The fourth-order valence-electron chi connectivity index (χ4n) is 3.30. The van der Waals surface area contributed by atoms with E-state index in [1.54, 1.807) is 0 Å². The Kier molecular flexibility index (Phi) is 4.82. The molecule has 1 unspecified atom stereocenters. The van der Waals surface area contributed by atoms with E-state index in [4.69, 9.17) is 16.5 Å². The fourth-order valence-corrected chi connectivity index (χ4v) is 5.45. The van der Waals surface area contributed by atoms with E-state index in [0.29, 0.717) is 16.9 Å². The van der Waals surface area contributed by atoms with Crippen LogP contribution in [0.3, 0.4) is 0 Å². The quantitative estimate of drug-likeness (QED) is 0.689. The molecule has 1 aromatic rings. The lowest BCUT2D eigenvalue weighted by molar-refractivity contribution is 0.429. The Bertz CT molecular complexity index is 550. The molecule has 0 bridgehead atoms. The summed E-state index contributed by atoms with van der Waals surface area (Å²) in [5, 5.41) is 4.15. The molecule has 5 N–H and O–H groups in total. The third-order valence-electron chi connectivity index (χ3n) is 4.44. The zero-order valence-corrected chi connectivity index (χ0v) is 14.7. The summed E-state index contributed by atoms with van der Waals surface area (Å²) in [4.78, 5) is 9.88. The average molecular weight is 340 g/mol. The zero-order valence-electron chi connectivity index (χ0n) is 13.1. The van der Waals surface area contributed by atoms with Crippen LogP contribution < -0.4 is 16.8 Å². The number of nitrogens with zero attached hydrogens (tertiary/aromatic N) is 2. The average Bonchev–Trinajstić information content (AvgIpc) is 3.13. The first-order valence-electron chi connectivity index (χ1n) is 8.19. The second kappa shape index (κ2) is 6.66. The number of rotatable bonds is 6. The number of hydrogen-bond acceptors (Lipinski definition) is 7. The summed E-state index contributed by atoms with van der Waals surface area (Å²) < 4.78 is 0. The molecule has 3 rings (SSSR count). The number of nitrogens with one attached hydrogen (secondary N) is 1. The van der Waals surface area contributed by atoms with Gasteiger partial charge in [-0.15, -0.1) is 11.8 Å². The largest absolute Gasteiger partial charge is 0.383 e. The normalized spacial score (nSPS) is 24.9. The van der Waals surface area contributed by atoms with E-state index in [9.17, 15) is 0 Å². The molecule has 1 fully saturated rings. The van der Waals surface area contributed by atoms with Crippen LogP contribution in [0.25, 0.3) is 0 Å². The van der Waals surface area contributed by atoms with Crippen molar-refractivity contribution in [2.24, 2.45) is 16.6 Å². The Morgan fingerprint density at radius 3 is 2.82 bits per heavy atom. The summed E-state index contributed by atoms with van der Waals surface area (Å²) in [6.07, 6.45) is 8.71. The number of nitrogens with two attached hydrogens (primary N) is 2. The molecule has 1 aromatic heterocycles. The minimum Gasteiger partial charge on any atom is -0.383 e. The Labute approximate surface area is 140 Å². The molecule has 5 nitrogen and oxygen atoms in total. The van der Waals surface area contributed by atoms with Crippen LogP contribution in [0, 0.1) is 5.92 Å². The van der Waals surface area contributed by atoms with Gasteiger partial charge in [0.25, 0.3) is 0 Å². The van der Waals surface area contributed by atoms with Crippen LogP contribution >= 0.6 is 23.1 Å². The minimum atomic E-state index is -0.345. The number of thioether (sulfide) groups is 1. The van der Waals surface area contributed by atoms with E-state index in [1.807, 2.05) is 11.8 Å². The van der Waals surface area contributed by atoms with Gasteiger partial charge in [-0.05, 0) is 25.0 Å². The van der Waals surface area contributed by atoms with Gasteiger partial charge in [0.1, 0.15) is 10.7 Å². The topological polar surface area (TPSA) is 89.3 Å². The predicted octanol–water partition coefficient (Wildman–Crippen LogP) is 3.62. The Morgan fingerprint density at radius 1 is 1.32 bits per heavy atom. The minimum absolute atomic E-state index is 0.345. The zero-order chi connectivity index (χ0) is 15.6. The first kappa shape index (κ1) is 15.9. The van der Waals surface area contributed by atoms with E-state index >= 15 is 0 Å². The lowest BCUT2D eigenvalue weighted by atomic mass is 10.0. The summed E-state index contributed by atoms with van der Waals surface area (Å²) >= 11 is 3.32. The smallest absolute Gasteiger partial charge is 0.183 e. The standard InChI is InChI=1S/C15H25N5S2/c1-2-3-6-9-21-15(10-7-4-5-8-10)19-12(16)11-13(20-15)18-14(17)22-11/h10,20H,2-9H2,1H3,(H2,16,19)(H2,17,18). The molecule has 2 aliphatic rings. The maximum absolute atomic E-state index is 6.24. The lowest BCUT2D eigenvalue weighted by Gasteiger charge is -2.38. The van der Waals surface area contributed by atoms with Crippen LogP contribution in [0.15, 0.2) is 4.99 Å². The maximum Gasteiger partial charge on any atom is 0.183 e. The van der Waals surface area contributed by atoms with Gasteiger partial charge in [0, 0.05) is 5.92 Å². The Balaban J connectivity index is 1.84. The summed E-state index contributed by atoms with van der Waals surface area (Å²) in [5.41, 5.74) is 12.1. The molecule has 22 heavy (non-hydrogen) atoms. The van der Waals surface area contributed by atoms with Crippen LogP contribution in [0.4, 0.5) is 10.9 Å². The van der Waals surface area contributed by atoms with Crippen LogP contribution in [0.2, 0.25) is 0 Å². The highest BCUT2D eigenvalue weighted by Crippen LogP contribution is 2.47. The van der Waals surface area contributed by atoms with Crippen LogP contribution in [0.1, 0.15) is 56.7 Å². The number of hydrogen-bond donors (Lipinski definition) is 3. The summed E-state index contributed by atoms with van der Waals surface area (Å²) in [6.45, 7) is 2.23. The number of anilines is 2. The first-order chi connectivity index (χ1) is 10.6. The molecule has 0 radical (unpaired) electrons. The molecule has 1 saturated carbocycles. The van der Waals surface area contributed by atoms with Gasteiger partial charge in [-0.3, -0.25) is 0 Å². The van der Waals surface area contributed by atoms with Crippen molar-refractivity contribution in [1.29, 1.82) is 0 Å². The van der Waals surface area contributed by atoms with E-state index < -0.39 is 0 Å². The van der Waals surface area contributed by atoms with Crippen LogP contribution in [-0.4, -0.2) is 21.6 Å². The third-order valence-corrected chi connectivity index (χ3v) is 6.81. The number of aromatic nitrogens is 1. The molecule has 0 aromatic carbocycles. The summed E-state index contributed by atoms with van der Waals surface area (Å²) in [6, 6.07) is 0. The van der Waals surface area contributed by atoms with Gasteiger partial charge in [0.15, 0.2) is 15.9 Å². The van der Waals surface area contributed by atoms with Crippen molar-refractivity contribution in [2.45, 2.75) is 56.9 Å². The second-order valence-electron chi connectivity index (χ2n) is 6.09. The molecule has 1 aliphatic heterocycles. The summed E-state index contributed by atoms with van der Waals surface area (Å²) in [7, 11) is 0. The van der Waals surface area contributed by atoms with Crippen LogP contribution in [-0.2, 0) is 0 Å². The predicted molar refractivity (Wildman–Crippen MR) is 97.5 cm³/mol. The van der Waals surface area contributed by atoms with Crippen molar-refractivity contribution in [3.8, 4) is 0 Å². The number of thiazole rings is 1. The SMILES string of the molecule is CCCCCSC1(C2CCCC2)N=C(N)c2sc(N)nc2N1. The van der Waals surface area contributed by atoms with Gasteiger partial charge in [0.2, 0.25) is 0 Å². The van der Waals surface area contributed by atoms with E-state index in [0.717, 1.165) is 16.4 Å². The Hall–Kier alpha value is -0.950. The number of aliphatic imine (C=N–C) groups is 1. The molecule has 1 atom stereocenters. The molecular formula is C15H25N5S2. The second-order valence-corrected chi connectivity index (χ2v) is 8.44. The van der Waals surface area contributed by atoms with Crippen molar-refractivity contribution >= 4 is 39.9 Å². The fraction of sp³-hybridized carbons (Fsp3) is 0.733. The molecule has 122 valence electrons. The highest BCUT2D eigenvalue weighted by atomic mass is 32.2. The van der Waals surface area contributed by atoms with Crippen molar-refractivity contribution in [2.75, 3.05) is 16.8 Å². The van der Waals surface area contributed by atoms with Gasteiger partial charge in [-0.2, -0.15) is 0 Å². The third kappa shape index (κ3) is 3.06. The van der Waals surface area contributed by atoms with Gasteiger partial charge < -0.3 is 16.8 Å². The van der Waals surface area contributed by atoms with Crippen molar-refractivity contribution in [3.63, 3.8) is 0 Å². The van der Waals surface area contributed by atoms with E-state index in [1.165, 1.54) is 56.3 Å². The highest BCUT2D eigenvalue weighted by Gasteiger charge is 2.44. The summed E-state index contributed by atoms with van der Waals surface area (Å²) in [5.74, 6) is 3.04. The molecule has 0 amide bonds. The molecular weight excluding hydrogens is 314 g/mol.